The molecule has 36 heavy (non-hydrogen) atoms. The summed E-state index contributed by atoms with van der Waals surface area (Å²) in [6, 6.07) is 12.4. The molecule has 0 atom stereocenters. The van der Waals surface area contributed by atoms with Crippen LogP contribution >= 0.6 is 0 Å². The van der Waals surface area contributed by atoms with Crippen molar-refractivity contribution in [2.75, 3.05) is 19.5 Å². The van der Waals surface area contributed by atoms with Crippen molar-refractivity contribution in [3.05, 3.63) is 48.7 Å². The largest absolute Gasteiger partial charge is 0.493 e. The van der Waals surface area contributed by atoms with E-state index in [0.717, 1.165) is 5.39 Å². The molecule has 4 saturated carbocycles. The summed E-state index contributed by atoms with van der Waals surface area (Å²) in [4.78, 5) is 30.2. The zero-order valence-electron chi connectivity index (χ0n) is 20.1. The van der Waals surface area contributed by atoms with Gasteiger partial charge in [-0.2, -0.15) is 0 Å². The minimum atomic E-state index is -1.02. The monoisotopic (exact) mass is 489 g/mol. The minimum absolute atomic E-state index is 0.238. The Kier molecular flexibility index (Phi) is 4.91. The predicted octanol–water partition coefficient (Wildman–Crippen LogP) is 3.55. The van der Waals surface area contributed by atoms with Gasteiger partial charge in [-0.3, -0.25) is 14.6 Å². The Morgan fingerprint density at radius 1 is 0.917 bits per heavy atom. The van der Waals surface area contributed by atoms with Crippen molar-refractivity contribution in [2.45, 2.75) is 43.2 Å². The Bertz CT molecular complexity index is 1360. The van der Waals surface area contributed by atoms with Gasteiger partial charge in [0.05, 0.1) is 25.3 Å². The topological polar surface area (TPSA) is 119 Å². The number of hydrogen-bond acceptors (Lipinski definition) is 7. The van der Waals surface area contributed by atoms with Crippen molar-refractivity contribution < 1.29 is 28.9 Å². The zero-order chi connectivity index (χ0) is 25.1. The number of ether oxygens (including phenoxy) is 3. The highest BCUT2D eigenvalue weighted by atomic mass is 16.5. The van der Waals surface area contributed by atoms with Gasteiger partial charge < -0.3 is 30.0 Å². The number of aliphatic hydroxyl groups is 1. The number of nitrogens with one attached hydrogen (secondary N) is 2. The summed E-state index contributed by atoms with van der Waals surface area (Å²) < 4.78 is 16.9. The van der Waals surface area contributed by atoms with Gasteiger partial charge in [-0.05, 0) is 68.5 Å². The van der Waals surface area contributed by atoms with Crippen LogP contribution in [0.5, 0.6) is 23.0 Å². The van der Waals surface area contributed by atoms with Gasteiger partial charge in [-0.1, -0.05) is 0 Å². The van der Waals surface area contributed by atoms with Gasteiger partial charge in [-0.15, -0.1) is 0 Å². The lowest BCUT2D eigenvalue weighted by Crippen LogP contribution is -2.79. The number of anilines is 1. The van der Waals surface area contributed by atoms with Crippen LogP contribution in [0.1, 0.15) is 32.1 Å². The molecule has 1 heterocycles. The number of aromatic nitrogens is 1. The number of benzene rings is 2. The highest BCUT2D eigenvalue weighted by Crippen LogP contribution is 2.61. The van der Waals surface area contributed by atoms with E-state index in [2.05, 4.69) is 15.6 Å². The number of hydrogen-bond donors (Lipinski definition) is 3. The van der Waals surface area contributed by atoms with Crippen LogP contribution in [0.25, 0.3) is 10.9 Å². The van der Waals surface area contributed by atoms with E-state index in [0.29, 0.717) is 66.3 Å². The van der Waals surface area contributed by atoms with Crippen LogP contribution in [0.15, 0.2) is 48.7 Å². The number of carbonyl (C=O) groups is 2. The lowest BCUT2D eigenvalue weighted by molar-refractivity contribution is -0.221. The van der Waals surface area contributed by atoms with Gasteiger partial charge >= 0.3 is 0 Å². The molecule has 0 unspecified atom stereocenters. The normalized spacial score (nSPS) is 24.6. The van der Waals surface area contributed by atoms with Gasteiger partial charge in [0.15, 0.2) is 11.5 Å². The quantitative estimate of drug-likeness (QED) is 0.414. The zero-order valence-corrected chi connectivity index (χ0v) is 20.1. The Balaban J connectivity index is 1.13. The fourth-order valence-corrected chi connectivity index (χ4v) is 5.43. The van der Waals surface area contributed by atoms with E-state index >= 15 is 0 Å². The van der Waals surface area contributed by atoms with Crippen LogP contribution < -0.4 is 24.8 Å². The fraction of sp³-hybridized carbons (Fsp3) is 0.370. The van der Waals surface area contributed by atoms with Crippen LogP contribution in [-0.4, -0.2) is 47.3 Å². The van der Waals surface area contributed by atoms with Gasteiger partial charge in [0.25, 0.3) is 0 Å². The number of rotatable bonds is 8. The second kappa shape index (κ2) is 7.83. The highest BCUT2D eigenvalue weighted by Gasteiger charge is 2.70. The Morgan fingerprint density at radius 2 is 1.58 bits per heavy atom. The summed E-state index contributed by atoms with van der Waals surface area (Å²) in [5, 5.41) is 16.6. The van der Waals surface area contributed by atoms with E-state index < -0.39 is 11.0 Å². The maximum Gasteiger partial charge on any atom is 0.240 e. The van der Waals surface area contributed by atoms with Gasteiger partial charge in [-0.25, -0.2) is 0 Å². The summed E-state index contributed by atoms with van der Waals surface area (Å²) in [6.07, 6.45) is 4.45. The van der Waals surface area contributed by atoms with Gasteiger partial charge in [0.1, 0.15) is 16.9 Å². The van der Waals surface area contributed by atoms with E-state index in [4.69, 9.17) is 14.2 Å². The van der Waals surface area contributed by atoms with Crippen LogP contribution in [0.2, 0.25) is 0 Å². The first-order valence-electron chi connectivity index (χ1n) is 11.9. The first kappa shape index (κ1) is 22.6. The molecule has 2 amide bonds. The molecule has 0 saturated heterocycles. The molecule has 1 aromatic heterocycles. The van der Waals surface area contributed by atoms with E-state index in [1.807, 2.05) is 6.07 Å². The van der Waals surface area contributed by atoms with E-state index in [1.165, 1.54) is 0 Å². The molecule has 0 radical (unpaired) electrons. The molecular weight excluding hydrogens is 462 g/mol. The average molecular weight is 490 g/mol. The van der Waals surface area contributed by atoms with Crippen LogP contribution in [0.4, 0.5) is 5.69 Å². The van der Waals surface area contributed by atoms with Gasteiger partial charge in [0.2, 0.25) is 11.8 Å². The maximum atomic E-state index is 13.0. The summed E-state index contributed by atoms with van der Waals surface area (Å²) in [7, 11) is 3.15. The molecule has 7 rings (SSSR count). The van der Waals surface area contributed by atoms with E-state index in [-0.39, 0.29) is 17.4 Å². The third kappa shape index (κ3) is 3.62. The summed E-state index contributed by atoms with van der Waals surface area (Å²) >= 11 is 0. The lowest BCUT2D eigenvalue weighted by Gasteiger charge is -2.67. The van der Waals surface area contributed by atoms with Crippen LogP contribution in [0.3, 0.4) is 0 Å². The second-order valence-corrected chi connectivity index (χ2v) is 10.2. The smallest absolute Gasteiger partial charge is 0.240 e. The molecule has 2 bridgehead atoms. The molecule has 186 valence electrons. The predicted molar refractivity (Wildman–Crippen MR) is 131 cm³/mol. The van der Waals surface area contributed by atoms with Crippen molar-refractivity contribution in [3.8, 4) is 23.0 Å². The Morgan fingerprint density at radius 3 is 2.19 bits per heavy atom. The average Bonchev–Trinajstić information content (AvgIpc) is 3.65. The maximum absolute atomic E-state index is 13.0. The number of methoxy groups -OCH3 is 2. The molecule has 4 fully saturated rings. The van der Waals surface area contributed by atoms with E-state index in [9.17, 15) is 14.7 Å². The van der Waals surface area contributed by atoms with Crippen molar-refractivity contribution in [1.29, 1.82) is 0 Å². The summed E-state index contributed by atoms with van der Waals surface area (Å²) in [6.45, 7) is 0. The van der Waals surface area contributed by atoms with Gasteiger partial charge in [0, 0.05) is 28.9 Å². The molecule has 4 aliphatic carbocycles. The molecule has 0 aliphatic heterocycles. The third-order valence-corrected chi connectivity index (χ3v) is 7.55. The van der Waals surface area contributed by atoms with Crippen molar-refractivity contribution in [3.63, 3.8) is 0 Å². The number of nitrogens with zero attached hydrogens (tertiary/aromatic N) is 1. The molecule has 3 N–H and O–H groups in total. The Hall–Kier alpha value is -3.85. The summed E-state index contributed by atoms with van der Waals surface area (Å²) in [5.74, 6) is 1.79. The molecule has 4 aliphatic rings. The number of fused-ring (bicyclic) bond motifs is 1. The number of carbonyl (C=O) groups excluding carboxylic acids is 2. The van der Waals surface area contributed by atoms with Crippen LogP contribution in [-0.2, 0) is 9.59 Å². The van der Waals surface area contributed by atoms with E-state index in [1.54, 1.807) is 56.8 Å². The molecule has 3 aromatic rings. The number of amides is 2. The molecular formula is C27H27N3O6. The molecule has 9 nitrogen and oxygen atoms in total. The van der Waals surface area contributed by atoms with Crippen molar-refractivity contribution in [1.82, 2.24) is 10.3 Å². The van der Waals surface area contributed by atoms with Crippen LogP contribution in [0, 0.1) is 5.41 Å². The summed E-state index contributed by atoms with van der Waals surface area (Å²) in [5.41, 5.74) is -0.652. The van der Waals surface area contributed by atoms with Crippen molar-refractivity contribution in [2.24, 2.45) is 5.41 Å². The molecule has 0 spiro atoms. The molecule has 2 aromatic carbocycles. The first-order chi connectivity index (χ1) is 17.3. The first-order valence-corrected chi connectivity index (χ1v) is 11.9. The SMILES string of the molecule is COc1cc2nccc(Oc3ccc(NC(=O)C4(C(=O)NC56CC(O)(C5)C6)CC4)cc3)c2cc1OC. The highest BCUT2D eigenvalue weighted by molar-refractivity contribution is 6.13. The lowest BCUT2D eigenvalue weighted by atomic mass is 9.46. The standard InChI is InChI=1S/C27H27N3O6/c1-34-21-11-18-19(12-22(21)35-2)28-10-7-20(18)36-17-5-3-16(4-6-17)29-23(31)27(8-9-27)24(32)30-25-13-26(33,14-25)15-25/h3-7,10-12,33H,8-9,13-15H2,1-2H3,(H,29,31)(H,30,32). The minimum Gasteiger partial charge on any atom is -0.493 e. The Labute approximate surface area is 207 Å². The van der Waals surface area contributed by atoms with Crippen molar-refractivity contribution >= 4 is 28.4 Å². The molecule has 9 heteroatoms. The fourth-order valence-electron chi connectivity index (χ4n) is 5.43. The second-order valence-electron chi connectivity index (χ2n) is 10.2. The number of pyridine rings is 1. The third-order valence-electron chi connectivity index (χ3n) is 7.55.